The zero-order valence-corrected chi connectivity index (χ0v) is 9.08. The molecule has 0 radical (unpaired) electrons. The first-order valence-corrected chi connectivity index (χ1v) is 4.96. The number of hydrogen-bond acceptors (Lipinski definition) is 5. The Balaban J connectivity index is 2.15. The van der Waals surface area contributed by atoms with Crippen LogP contribution in [0.2, 0.25) is 0 Å². The number of H-pyrrole nitrogens is 1. The highest BCUT2D eigenvalue weighted by Crippen LogP contribution is 2.07. The second kappa shape index (κ2) is 4.21. The average molecular weight is 220 g/mol. The van der Waals surface area contributed by atoms with Crippen molar-refractivity contribution >= 4 is 5.78 Å². The molecule has 2 rings (SSSR count). The number of nitrogens with zero attached hydrogens (tertiary/aromatic N) is 5. The molecule has 2 aromatic rings. The predicted octanol–water partition coefficient (Wildman–Crippen LogP) is 0.402. The van der Waals surface area contributed by atoms with Crippen LogP contribution in [0.15, 0.2) is 12.5 Å². The number of rotatable bonds is 4. The van der Waals surface area contributed by atoms with Crippen molar-refractivity contribution in [2.45, 2.75) is 26.3 Å². The number of carbonyl (C=O) groups is 1. The molecule has 0 fully saturated rings. The van der Waals surface area contributed by atoms with Gasteiger partial charge in [-0.1, -0.05) is 0 Å². The van der Waals surface area contributed by atoms with Gasteiger partial charge in [-0.3, -0.25) is 4.79 Å². The molecule has 0 spiro atoms. The third-order valence-corrected chi connectivity index (χ3v) is 2.16. The summed E-state index contributed by atoms with van der Waals surface area (Å²) in [5, 5.41) is 13.8. The lowest BCUT2D eigenvalue weighted by Crippen LogP contribution is -2.13. The molecule has 0 aliphatic rings. The van der Waals surface area contributed by atoms with Crippen LogP contribution in [0.5, 0.6) is 0 Å². The van der Waals surface area contributed by atoms with Gasteiger partial charge in [-0.2, -0.15) is 20.5 Å². The quantitative estimate of drug-likeness (QED) is 0.753. The van der Waals surface area contributed by atoms with E-state index in [9.17, 15) is 4.79 Å². The van der Waals surface area contributed by atoms with Gasteiger partial charge in [0.05, 0.1) is 12.6 Å². The summed E-state index contributed by atoms with van der Waals surface area (Å²) in [7, 11) is 0. The Kier molecular flexibility index (Phi) is 2.76. The maximum absolute atomic E-state index is 11.7. The van der Waals surface area contributed by atoms with Gasteiger partial charge in [0.15, 0.2) is 5.78 Å². The molecule has 0 aliphatic heterocycles. The van der Waals surface area contributed by atoms with Crippen molar-refractivity contribution in [1.82, 2.24) is 30.2 Å². The Morgan fingerprint density at radius 2 is 2.38 bits per heavy atom. The topological polar surface area (TPSA) is 89.4 Å². The molecule has 0 atom stereocenters. The SMILES string of the molecule is CC(C)n1ncnc1CC(=O)c1cn[nH]n1. The molecule has 16 heavy (non-hydrogen) atoms. The highest BCUT2D eigenvalue weighted by atomic mass is 16.1. The summed E-state index contributed by atoms with van der Waals surface area (Å²) in [5.74, 6) is 0.520. The van der Waals surface area contributed by atoms with E-state index in [1.807, 2.05) is 13.8 Å². The standard InChI is InChI=1S/C9H12N6O/c1-6(2)15-9(10-5-12-15)3-8(16)7-4-11-14-13-7/h4-6H,3H2,1-2H3,(H,11,13,14). The largest absolute Gasteiger partial charge is 0.292 e. The molecule has 7 heteroatoms. The third kappa shape index (κ3) is 1.97. The molecule has 0 amide bonds. The molecule has 1 N–H and O–H groups in total. The van der Waals surface area contributed by atoms with E-state index >= 15 is 0 Å². The average Bonchev–Trinajstić information content (AvgIpc) is 2.86. The summed E-state index contributed by atoms with van der Waals surface area (Å²) < 4.78 is 1.72. The van der Waals surface area contributed by atoms with Crippen molar-refractivity contribution in [3.8, 4) is 0 Å². The lowest BCUT2D eigenvalue weighted by molar-refractivity contribution is 0.0984. The predicted molar refractivity (Wildman–Crippen MR) is 54.8 cm³/mol. The molecule has 0 unspecified atom stereocenters. The second-order valence-corrected chi connectivity index (χ2v) is 3.67. The lowest BCUT2D eigenvalue weighted by Gasteiger charge is -2.07. The zero-order valence-electron chi connectivity index (χ0n) is 9.08. The Morgan fingerprint density at radius 1 is 1.56 bits per heavy atom. The molecule has 0 aliphatic carbocycles. The molecule has 7 nitrogen and oxygen atoms in total. The number of aromatic nitrogens is 6. The summed E-state index contributed by atoms with van der Waals surface area (Å²) in [5.41, 5.74) is 0.318. The Bertz CT molecular complexity index is 472. The van der Waals surface area contributed by atoms with Crippen LogP contribution in [0.3, 0.4) is 0 Å². The van der Waals surface area contributed by atoms with Gasteiger partial charge in [-0.05, 0) is 13.8 Å². The van der Waals surface area contributed by atoms with Crippen LogP contribution in [-0.4, -0.2) is 36.0 Å². The molecule has 0 bridgehead atoms. The minimum atomic E-state index is -0.122. The molecular formula is C9H12N6O. The van der Waals surface area contributed by atoms with Gasteiger partial charge in [-0.15, -0.1) is 0 Å². The van der Waals surface area contributed by atoms with Crippen LogP contribution in [0.4, 0.5) is 0 Å². The molecule has 2 aromatic heterocycles. The summed E-state index contributed by atoms with van der Waals surface area (Å²) >= 11 is 0. The number of aromatic amines is 1. The van der Waals surface area contributed by atoms with Crippen LogP contribution >= 0.6 is 0 Å². The van der Waals surface area contributed by atoms with Crippen LogP contribution in [0.1, 0.15) is 36.2 Å². The molecular weight excluding hydrogens is 208 g/mol. The van der Waals surface area contributed by atoms with E-state index in [4.69, 9.17) is 0 Å². The van der Waals surface area contributed by atoms with Gasteiger partial charge in [0.2, 0.25) is 0 Å². The number of ketones is 1. The third-order valence-electron chi connectivity index (χ3n) is 2.16. The lowest BCUT2D eigenvalue weighted by atomic mass is 10.2. The van der Waals surface area contributed by atoms with Crippen LogP contribution in [0, 0.1) is 0 Å². The first-order chi connectivity index (χ1) is 7.68. The molecule has 2 heterocycles. The Morgan fingerprint density at radius 3 is 3.00 bits per heavy atom. The smallest absolute Gasteiger partial charge is 0.192 e. The van der Waals surface area contributed by atoms with E-state index in [2.05, 4.69) is 25.5 Å². The van der Waals surface area contributed by atoms with Gasteiger partial charge in [0.25, 0.3) is 0 Å². The Labute approximate surface area is 91.9 Å². The second-order valence-electron chi connectivity index (χ2n) is 3.67. The van der Waals surface area contributed by atoms with E-state index in [1.54, 1.807) is 4.68 Å². The van der Waals surface area contributed by atoms with Crippen LogP contribution < -0.4 is 0 Å². The summed E-state index contributed by atoms with van der Waals surface area (Å²) in [6, 6.07) is 0.183. The highest BCUT2D eigenvalue weighted by Gasteiger charge is 2.15. The van der Waals surface area contributed by atoms with E-state index in [-0.39, 0.29) is 18.2 Å². The van der Waals surface area contributed by atoms with E-state index in [0.717, 1.165) is 0 Å². The summed E-state index contributed by atoms with van der Waals surface area (Å²) in [6.07, 6.45) is 3.04. The molecule has 0 aromatic carbocycles. The van der Waals surface area contributed by atoms with Gasteiger partial charge < -0.3 is 0 Å². The van der Waals surface area contributed by atoms with Crippen molar-refractivity contribution in [2.75, 3.05) is 0 Å². The zero-order chi connectivity index (χ0) is 11.5. The minimum Gasteiger partial charge on any atom is -0.292 e. The number of carbonyl (C=O) groups excluding carboxylic acids is 1. The van der Waals surface area contributed by atoms with E-state index in [0.29, 0.717) is 11.5 Å². The fourth-order valence-electron chi connectivity index (χ4n) is 1.40. The number of hydrogen-bond donors (Lipinski definition) is 1. The van der Waals surface area contributed by atoms with E-state index < -0.39 is 0 Å². The molecule has 0 saturated carbocycles. The monoisotopic (exact) mass is 220 g/mol. The van der Waals surface area contributed by atoms with Gasteiger partial charge in [0, 0.05) is 6.04 Å². The number of Topliss-reactive ketones (excluding diaryl/α,β-unsaturated/α-hetero) is 1. The van der Waals surface area contributed by atoms with Gasteiger partial charge in [0.1, 0.15) is 17.8 Å². The molecule has 0 saturated heterocycles. The van der Waals surface area contributed by atoms with Crippen molar-refractivity contribution < 1.29 is 4.79 Å². The fourth-order valence-corrected chi connectivity index (χ4v) is 1.40. The van der Waals surface area contributed by atoms with Crippen molar-refractivity contribution in [2.24, 2.45) is 0 Å². The summed E-state index contributed by atoms with van der Waals surface area (Å²) in [4.78, 5) is 15.8. The fraction of sp³-hybridized carbons (Fsp3) is 0.444. The maximum atomic E-state index is 11.7. The van der Waals surface area contributed by atoms with Crippen LogP contribution in [0.25, 0.3) is 0 Å². The minimum absolute atomic E-state index is 0.122. The highest BCUT2D eigenvalue weighted by molar-refractivity contribution is 5.94. The number of nitrogens with one attached hydrogen (secondary N) is 1. The van der Waals surface area contributed by atoms with Crippen molar-refractivity contribution in [3.05, 3.63) is 24.0 Å². The van der Waals surface area contributed by atoms with E-state index in [1.165, 1.54) is 12.5 Å². The van der Waals surface area contributed by atoms with Crippen molar-refractivity contribution in [3.63, 3.8) is 0 Å². The first kappa shape index (κ1) is 10.5. The maximum Gasteiger partial charge on any atom is 0.192 e. The molecule has 84 valence electrons. The Hall–Kier alpha value is -2.05. The van der Waals surface area contributed by atoms with Crippen molar-refractivity contribution in [1.29, 1.82) is 0 Å². The van der Waals surface area contributed by atoms with Gasteiger partial charge >= 0.3 is 0 Å². The van der Waals surface area contributed by atoms with Crippen LogP contribution in [-0.2, 0) is 6.42 Å². The normalized spacial score (nSPS) is 10.9. The first-order valence-electron chi connectivity index (χ1n) is 4.96. The summed E-state index contributed by atoms with van der Waals surface area (Å²) in [6.45, 7) is 3.97. The van der Waals surface area contributed by atoms with Gasteiger partial charge in [-0.25, -0.2) is 9.67 Å².